The molecule has 14 heavy (non-hydrogen) atoms. The first-order valence-electron chi connectivity index (χ1n) is 6.20. The third-order valence-corrected chi connectivity index (χ3v) is 4.97. The second-order valence-corrected chi connectivity index (χ2v) is 5.46. The van der Waals surface area contributed by atoms with E-state index in [1.54, 1.807) is 0 Å². The standard InChI is InChI=1S/C14H20/c1-2-8-14-11-5-3-9-13(14,7-1)10-4-6-12-14/h1-3,9H,4-8,10-12H2. The van der Waals surface area contributed by atoms with Crippen molar-refractivity contribution in [1.29, 1.82) is 0 Å². The van der Waals surface area contributed by atoms with Gasteiger partial charge in [-0.15, -0.1) is 0 Å². The Hall–Kier alpha value is -0.520. The van der Waals surface area contributed by atoms with Gasteiger partial charge in [-0.05, 0) is 49.4 Å². The van der Waals surface area contributed by atoms with Crippen LogP contribution in [0, 0.1) is 10.8 Å². The van der Waals surface area contributed by atoms with Crippen molar-refractivity contribution in [3.05, 3.63) is 24.3 Å². The van der Waals surface area contributed by atoms with Crippen molar-refractivity contribution >= 4 is 0 Å². The third kappa shape index (κ3) is 1.00. The highest BCUT2D eigenvalue weighted by molar-refractivity contribution is 5.21. The summed E-state index contributed by atoms with van der Waals surface area (Å²) < 4.78 is 0. The minimum atomic E-state index is 0.582. The van der Waals surface area contributed by atoms with Crippen molar-refractivity contribution in [2.24, 2.45) is 10.8 Å². The van der Waals surface area contributed by atoms with Gasteiger partial charge in [-0.3, -0.25) is 0 Å². The van der Waals surface area contributed by atoms with Crippen LogP contribution in [0.15, 0.2) is 24.3 Å². The zero-order valence-corrected chi connectivity index (χ0v) is 8.97. The maximum atomic E-state index is 2.58. The fraction of sp³-hybridized carbons (Fsp3) is 0.714. The highest BCUT2D eigenvalue weighted by Gasteiger charge is 2.51. The van der Waals surface area contributed by atoms with Crippen LogP contribution in [0.2, 0.25) is 0 Å². The molecule has 0 saturated heterocycles. The van der Waals surface area contributed by atoms with E-state index in [-0.39, 0.29) is 0 Å². The van der Waals surface area contributed by atoms with Gasteiger partial charge in [0.15, 0.2) is 0 Å². The van der Waals surface area contributed by atoms with Crippen LogP contribution in [0.5, 0.6) is 0 Å². The number of allylic oxidation sites excluding steroid dienone is 4. The van der Waals surface area contributed by atoms with Crippen molar-refractivity contribution in [2.75, 3.05) is 0 Å². The molecular weight excluding hydrogens is 168 g/mol. The Morgan fingerprint density at radius 1 is 0.786 bits per heavy atom. The number of rotatable bonds is 0. The fourth-order valence-corrected chi connectivity index (χ4v) is 4.12. The summed E-state index contributed by atoms with van der Waals surface area (Å²) in [7, 11) is 0. The van der Waals surface area contributed by atoms with Gasteiger partial charge in [0.1, 0.15) is 0 Å². The topological polar surface area (TPSA) is 0 Å². The van der Waals surface area contributed by atoms with Crippen LogP contribution in [0.4, 0.5) is 0 Å². The monoisotopic (exact) mass is 188 g/mol. The minimum Gasteiger partial charge on any atom is -0.0879 e. The van der Waals surface area contributed by atoms with Gasteiger partial charge in [-0.25, -0.2) is 0 Å². The molecule has 0 aromatic rings. The van der Waals surface area contributed by atoms with E-state index in [9.17, 15) is 0 Å². The molecule has 2 atom stereocenters. The van der Waals surface area contributed by atoms with E-state index >= 15 is 0 Å². The number of hydrogen-bond acceptors (Lipinski definition) is 0. The Kier molecular flexibility index (Phi) is 1.87. The second kappa shape index (κ2) is 2.98. The van der Waals surface area contributed by atoms with E-state index in [1.807, 2.05) is 0 Å². The Morgan fingerprint density at radius 2 is 1.64 bits per heavy atom. The molecule has 0 aromatic heterocycles. The molecule has 1 fully saturated rings. The molecule has 0 bridgehead atoms. The maximum absolute atomic E-state index is 2.58. The molecule has 0 nitrogen and oxygen atoms in total. The molecule has 0 aliphatic heterocycles. The lowest BCUT2D eigenvalue weighted by Crippen LogP contribution is -2.45. The first-order valence-corrected chi connectivity index (χ1v) is 6.20. The Morgan fingerprint density at radius 3 is 2.57 bits per heavy atom. The SMILES string of the molecule is C1=CC23CC=CCC2(CC1)CCCC3. The average molecular weight is 188 g/mol. The second-order valence-electron chi connectivity index (χ2n) is 5.46. The van der Waals surface area contributed by atoms with Crippen molar-refractivity contribution in [3.8, 4) is 0 Å². The van der Waals surface area contributed by atoms with E-state index < -0.39 is 0 Å². The van der Waals surface area contributed by atoms with Crippen molar-refractivity contribution in [2.45, 2.75) is 51.4 Å². The fourth-order valence-electron chi connectivity index (χ4n) is 4.12. The first-order chi connectivity index (χ1) is 6.87. The van der Waals surface area contributed by atoms with Crippen LogP contribution in [-0.2, 0) is 0 Å². The van der Waals surface area contributed by atoms with Crippen molar-refractivity contribution in [1.82, 2.24) is 0 Å². The Balaban J connectivity index is 2.06. The van der Waals surface area contributed by atoms with Crippen LogP contribution >= 0.6 is 0 Å². The van der Waals surface area contributed by atoms with E-state index in [0.717, 1.165) is 0 Å². The summed E-state index contributed by atoms with van der Waals surface area (Å²) in [6.07, 6.45) is 21.2. The summed E-state index contributed by atoms with van der Waals surface area (Å²) >= 11 is 0. The van der Waals surface area contributed by atoms with Gasteiger partial charge in [-0.1, -0.05) is 37.1 Å². The molecule has 1 saturated carbocycles. The predicted molar refractivity (Wildman–Crippen MR) is 60.1 cm³/mol. The van der Waals surface area contributed by atoms with Crippen LogP contribution in [0.1, 0.15) is 51.4 Å². The molecular formula is C14H20. The van der Waals surface area contributed by atoms with Crippen molar-refractivity contribution in [3.63, 3.8) is 0 Å². The zero-order valence-electron chi connectivity index (χ0n) is 8.97. The molecule has 0 spiro atoms. The van der Waals surface area contributed by atoms with Crippen LogP contribution in [0.3, 0.4) is 0 Å². The van der Waals surface area contributed by atoms with Gasteiger partial charge in [0.2, 0.25) is 0 Å². The molecule has 76 valence electrons. The number of hydrogen-bond donors (Lipinski definition) is 0. The third-order valence-electron chi connectivity index (χ3n) is 4.97. The molecule has 0 aromatic carbocycles. The Labute approximate surface area is 87.1 Å². The molecule has 0 amide bonds. The molecule has 2 unspecified atom stereocenters. The lowest BCUT2D eigenvalue weighted by atomic mass is 9.48. The van der Waals surface area contributed by atoms with Gasteiger partial charge in [0, 0.05) is 0 Å². The molecule has 0 radical (unpaired) electrons. The first kappa shape index (κ1) is 8.76. The smallest absolute Gasteiger partial charge is 0.00243 e. The van der Waals surface area contributed by atoms with Crippen LogP contribution < -0.4 is 0 Å². The largest absolute Gasteiger partial charge is 0.0879 e. The van der Waals surface area contributed by atoms with E-state index in [0.29, 0.717) is 10.8 Å². The summed E-state index contributed by atoms with van der Waals surface area (Å²) in [5.41, 5.74) is 1.26. The molecule has 3 aliphatic carbocycles. The van der Waals surface area contributed by atoms with E-state index in [1.165, 1.54) is 51.4 Å². The van der Waals surface area contributed by atoms with Gasteiger partial charge in [0.05, 0.1) is 0 Å². The minimum absolute atomic E-state index is 0.582. The highest BCUT2D eigenvalue weighted by Crippen LogP contribution is 2.61. The zero-order chi connectivity index (χ0) is 9.49. The van der Waals surface area contributed by atoms with E-state index in [4.69, 9.17) is 0 Å². The molecule has 0 heterocycles. The summed E-state index contributed by atoms with van der Waals surface area (Å²) in [6.45, 7) is 0. The summed E-state index contributed by atoms with van der Waals surface area (Å²) in [4.78, 5) is 0. The van der Waals surface area contributed by atoms with E-state index in [2.05, 4.69) is 24.3 Å². The molecule has 0 N–H and O–H groups in total. The van der Waals surface area contributed by atoms with Crippen LogP contribution in [-0.4, -0.2) is 0 Å². The molecule has 3 aliphatic rings. The van der Waals surface area contributed by atoms with Gasteiger partial charge in [-0.2, -0.15) is 0 Å². The highest BCUT2D eigenvalue weighted by atomic mass is 14.5. The normalized spacial score (nSPS) is 45.7. The predicted octanol–water partition coefficient (Wildman–Crippen LogP) is 4.23. The molecule has 0 heteroatoms. The quantitative estimate of drug-likeness (QED) is 0.499. The lowest BCUT2D eigenvalue weighted by molar-refractivity contribution is 0.00802. The Bertz CT molecular complexity index is 286. The van der Waals surface area contributed by atoms with Crippen molar-refractivity contribution < 1.29 is 0 Å². The summed E-state index contributed by atoms with van der Waals surface area (Å²) in [5, 5.41) is 0. The van der Waals surface area contributed by atoms with Gasteiger partial charge < -0.3 is 0 Å². The average Bonchev–Trinajstić information content (AvgIpc) is 2.27. The summed E-state index contributed by atoms with van der Waals surface area (Å²) in [5.74, 6) is 0. The lowest BCUT2D eigenvalue weighted by Gasteiger charge is -2.56. The molecule has 3 rings (SSSR count). The summed E-state index contributed by atoms with van der Waals surface area (Å²) in [6, 6.07) is 0. The maximum Gasteiger partial charge on any atom is -0.00243 e. The van der Waals surface area contributed by atoms with Gasteiger partial charge in [0.25, 0.3) is 0 Å². The van der Waals surface area contributed by atoms with Gasteiger partial charge >= 0.3 is 0 Å². The van der Waals surface area contributed by atoms with Crippen LogP contribution in [0.25, 0.3) is 0 Å².